The first-order valence-electron chi connectivity index (χ1n) is 14.5. The Balaban J connectivity index is 1.25. The second-order valence-corrected chi connectivity index (χ2v) is 11.3. The number of fused-ring (bicyclic) bond motifs is 1. The number of amides is 3. The second kappa shape index (κ2) is 12.4. The third-order valence-electron chi connectivity index (χ3n) is 8.70. The van der Waals surface area contributed by atoms with Crippen LogP contribution < -0.4 is 5.32 Å². The van der Waals surface area contributed by atoms with Crippen LogP contribution in [-0.2, 0) is 32.1 Å². The number of rotatable bonds is 10. The number of nitrogens with zero attached hydrogens (tertiary/aromatic N) is 3. The van der Waals surface area contributed by atoms with Gasteiger partial charge < -0.3 is 15.1 Å². The first-order valence-corrected chi connectivity index (χ1v) is 14.5. The van der Waals surface area contributed by atoms with Gasteiger partial charge in [-0.25, -0.2) is 0 Å². The normalized spacial score (nSPS) is 23.9. The summed E-state index contributed by atoms with van der Waals surface area (Å²) in [6, 6.07) is 12.6. The zero-order chi connectivity index (χ0) is 29.0. The Labute approximate surface area is 238 Å². The molecule has 3 aliphatic rings. The van der Waals surface area contributed by atoms with Crippen molar-refractivity contribution in [2.45, 2.75) is 88.4 Å². The molecule has 0 spiro atoms. The molecule has 2 aromatic rings. The fourth-order valence-electron chi connectivity index (χ4n) is 6.69. The van der Waals surface area contributed by atoms with E-state index in [9.17, 15) is 19.2 Å². The summed E-state index contributed by atoms with van der Waals surface area (Å²) in [4.78, 5) is 59.6. The molecule has 3 amide bonds. The smallest absolute Gasteiger partial charge is 0.345 e. The molecule has 1 saturated carbocycles. The van der Waals surface area contributed by atoms with Gasteiger partial charge in [0.1, 0.15) is 6.04 Å². The lowest BCUT2D eigenvalue weighted by atomic mass is 10.00. The van der Waals surface area contributed by atoms with Crippen molar-refractivity contribution in [3.63, 3.8) is 0 Å². The van der Waals surface area contributed by atoms with E-state index < -0.39 is 35.6 Å². The first kappa shape index (κ1) is 28.8. The molecule has 2 saturated heterocycles. The summed E-state index contributed by atoms with van der Waals surface area (Å²) in [5.41, 5.74) is 1.51. The van der Waals surface area contributed by atoms with Gasteiger partial charge in [-0.05, 0) is 68.6 Å². The van der Waals surface area contributed by atoms with Crippen molar-refractivity contribution in [1.29, 1.82) is 0 Å². The molecule has 0 bridgehead atoms. The molecule has 1 N–H and O–H groups in total. The molecule has 8 nitrogen and oxygen atoms in total. The van der Waals surface area contributed by atoms with Gasteiger partial charge in [0.15, 0.2) is 0 Å². The zero-order valence-corrected chi connectivity index (χ0v) is 23.0. The second-order valence-electron chi connectivity index (χ2n) is 11.3. The van der Waals surface area contributed by atoms with Gasteiger partial charge in [-0.2, -0.15) is 8.78 Å². The topological polar surface area (TPSA) is 99.7 Å². The van der Waals surface area contributed by atoms with Crippen molar-refractivity contribution >= 4 is 23.5 Å². The van der Waals surface area contributed by atoms with E-state index in [2.05, 4.69) is 10.3 Å². The van der Waals surface area contributed by atoms with E-state index >= 15 is 8.78 Å². The van der Waals surface area contributed by atoms with E-state index in [1.54, 1.807) is 23.1 Å². The van der Waals surface area contributed by atoms with Gasteiger partial charge in [0, 0.05) is 25.2 Å². The van der Waals surface area contributed by atoms with Crippen molar-refractivity contribution in [2.75, 3.05) is 6.54 Å². The standard InChI is InChI=1S/C31H36F2N4O4/c32-31(33,30(41)35-20-23-13-4-5-17-34-23)28(39)25-15-8-18-36(25)29(40)26-19-22-12-7-14-24(22)37(26)27(38)16-6-11-21-9-2-1-3-10-21/h1-5,9-10,13,17,22,24-26H,6-8,11-12,14-16,18-20H2,(H,35,41)/t22-,24-,25-,26-/m0/s1. The highest BCUT2D eigenvalue weighted by Gasteiger charge is 2.55. The zero-order valence-electron chi connectivity index (χ0n) is 23.0. The minimum atomic E-state index is -4.30. The van der Waals surface area contributed by atoms with Gasteiger partial charge in [-0.1, -0.05) is 42.8 Å². The lowest BCUT2D eigenvalue weighted by Gasteiger charge is -2.34. The highest BCUT2D eigenvalue weighted by Crippen LogP contribution is 2.43. The molecular weight excluding hydrogens is 530 g/mol. The maximum absolute atomic E-state index is 15.1. The van der Waals surface area contributed by atoms with Crippen LogP contribution in [0.4, 0.5) is 8.78 Å². The van der Waals surface area contributed by atoms with E-state index in [0.29, 0.717) is 31.4 Å². The van der Waals surface area contributed by atoms with E-state index in [0.717, 1.165) is 31.2 Å². The van der Waals surface area contributed by atoms with Crippen LogP contribution >= 0.6 is 0 Å². The Morgan fingerprint density at radius 2 is 1.73 bits per heavy atom. The molecule has 3 heterocycles. The lowest BCUT2D eigenvalue weighted by molar-refractivity contribution is -0.163. The highest BCUT2D eigenvalue weighted by atomic mass is 19.3. The summed E-state index contributed by atoms with van der Waals surface area (Å²) in [6.07, 6.45) is 6.77. The largest absolute Gasteiger partial charge is 0.383 e. The van der Waals surface area contributed by atoms with E-state index in [1.807, 2.05) is 30.3 Å². The van der Waals surface area contributed by atoms with Gasteiger partial charge in [-0.3, -0.25) is 24.2 Å². The fourth-order valence-corrected chi connectivity index (χ4v) is 6.69. The average molecular weight is 567 g/mol. The maximum Gasteiger partial charge on any atom is 0.383 e. The predicted molar refractivity (Wildman–Crippen MR) is 147 cm³/mol. The summed E-state index contributed by atoms with van der Waals surface area (Å²) in [7, 11) is 0. The molecule has 1 aromatic heterocycles. The number of pyridine rings is 1. The summed E-state index contributed by atoms with van der Waals surface area (Å²) in [5, 5.41) is 2.09. The molecule has 4 atom stereocenters. The Morgan fingerprint density at radius 1 is 0.951 bits per heavy atom. The van der Waals surface area contributed by atoms with Gasteiger partial charge in [0.05, 0.1) is 18.3 Å². The molecule has 1 aliphatic carbocycles. The molecule has 218 valence electrons. The first-order chi connectivity index (χ1) is 19.8. The number of carbonyl (C=O) groups is 4. The van der Waals surface area contributed by atoms with Crippen molar-refractivity contribution in [2.24, 2.45) is 5.92 Å². The molecule has 5 rings (SSSR count). The molecule has 10 heteroatoms. The monoisotopic (exact) mass is 566 g/mol. The van der Waals surface area contributed by atoms with Crippen molar-refractivity contribution in [3.8, 4) is 0 Å². The van der Waals surface area contributed by atoms with E-state index in [-0.39, 0.29) is 37.4 Å². The number of hydrogen-bond acceptors (Lipinski definition) is 5. The molecule has 0 unspecified atom stereocenters. The minimum absolute atomic E-state index is 0.0382. The van der Waals surface area contributed by atoms with E-state index in [4.69, 9.17) is 0 Å². The number of aromatic nitrogens is 1. The van der Waals surface area contributed by atoms with Gasteiger partial charge in [-0.15, -0.1) is 0 Å². The van der Waals surface area contributed by atoms with Gasteiger partial charge >= 0.3 is 5.92 Å². The summed E-state index contributed by atoms with van der Waals surface area (Å²) < 4.78 is 30.1. The Kier molecular flexibility index (Phi) is 8.75. The van der Waals surface area contributed by atoms with Crippen LogP contribution in [0.2, 0.25) is 0 Å². The SMILES string of the molecule is O=C([C@@H]1C[C@@H]2CCC[C@@H]2N1C(=O)CCCc1ccccc1)N1CCC[C@H]1C(=O)C(F)(F)C(=O)NCc1ccccn1. The quantitative estimate of drug-likeness (QED) is 0.443. The summed E-state index contributed by atoms with van der Waals surface area (Å²) in [5.74, 6) is -7.97. The van der Waals surface area contributed by atoms with Gasteiger partial charge in [0.2, 0.25) is 17.6 Å². The number of likely N-dealkylation sites (tertiary alicyclic amines) is 2. The molecule has 3 fully saturated rings. The molecular formula is C31H36F2N4O4. The number of hydrogen-bond donors (Lipinski definition) is 1. The van der Waals surface area contributed by atoms with Crippen LogP contribution in [0.25, 0.3) is 0 Å². The Bertz CT molecular complexity index is 1260. The Morgan fingerprint density at radius 3 is 2.49 bits per heavy atom. The van der Waals surface area contributed by atoms with Crippen LogP contribution in [0.5, 0.6) is 0 Å². The van der Waals surface area contributed by atoms with Crippen LogP contribution in [-0.4, -0.2) is 68.9 Å². The number of carbonyl (C=O) groups excluding carboxylic acids is 4. The number of nitrogens with one attached hydrogen (secondary N) is 1. The fraction of sp³-hybridized carbons (Fsp3) is 0.516. The minimum Gasteiger partial charge on any atom is -0.345 e. The molecule has 0 radical (unpaired) electrons. The number of benzene rings is 1. The van der Waals surface area contributed by atoms with Gasteiger partial charge in [0.25, 0.3) is 5.91 Å². The lowest BCUT2D eigenvalue weighted by Crippen LogP contribution is -2.57. The molecule has 2 aliphatic heterocycles. The summed E-state index contributed by atoms with van der Waals surface area (Å²) >= 11 is 0. The number of aryl methyl sites for hydroxylation is 1. The van der Waals surface area contributed by atoms with E-state index in [1.165, 1.54) is 11.1 Å². The van der Waals surface area contributed by atoms with Crippen LogP contribution in [0.3, 0.4) is 0 Å². The Hall–Kier alpha value is -3.69. The van der Waals surface area contributed by atoms with Crippen molar-refractivity contribution in [1.82, 2.24) is 20.1 Å². The molecule has 1 aromatic carbocycles. The average Bonchev–Trinajstić information content (AvgIpc) is 3.73. The third kappa shape index (κ3) is 6.16. The van der Waals surface area contributed by atoms with Crippen LogP contribution in [0.1, 0.15) is 62.6 Å². The predicted octanol–water partition coefficient (Wildman–Crippen LogP) is 3.69. The highest BCUT2D eigenvalue weighted by molar-refractivity contribution is 6.10. The number of alkyl halides is 2. The van der Waals surface area contributed by atoms with Crippen molar-refractivity contribution in [3.05, 3.63) is 66.0 Å². The maximum atomic E-state index is 15.1. The van der Waals surface area contributed by atoms with Crippen molar-refractivity contribution < 1.29 is 28.0 Å². The molecule has 41 heavy (non-hydrogen) atoms. The number of Topliss-reactive ketones (excluding diaryl/α,β-unsaturated/α-hetero) is 1. The number of ketones is 1. The van der Waals surface area contributed by atoms with Crippen LogP contribution in [0.15, 0.2) is 54.7 Å². The third-order valence-corrected chi connectivity index (χ3v) is 8.70. The summed E-state index contributed by atoms with van der Waals surface area (Å²) in [6.45, 7) is -0.106. The number of halogens is 2. The van der Waals surface area contributed by atoms with Crippen LogP contribution in [0, 0.1) is 5.92 Å².